The molecule has 0 aliphatic heterocycles. The third-order valence-electron chi connectivity index (χ3n) is 4.10. The van der Waals surface area contributed by atoms with Crippen molar-refractivity contribution in [2.24, 2.45) is 0 Å². The summed E-state index contributed by atoms with van der Waals surface area (Å²) in [5, 5.41) is 3.62. The SMILES string of the molecule is CC(C(=O)Nc1cc(Cl)cc(Cl)c1)c1ccc(-c2ccccc2)c(F)c1. The molecule has 2 nitrogen and oxygen atoms in total. The first kappa shape index (κ1) is 18.4. The van der Waals surface area contributed by atoms with Crippen LogP contribution in [0.4, 0.5) is 10.1 Å². The molecular weight excluding hydrogens is 372 g/mol. The fourth-order valence-corrected chi connectivity index (χ4v) is 3.21. The van der Waals surface area contributed by atoms with Gasteiger partial charge in [0.25, 0.3) is 0 Å². The van der Waals surface area contributed by atoms with Crippen molar-refractivity contribution >= 4 is 34.8 Å². The van der Waals surface area contributed by atoms with E-state index in [4.69, 9.17) is 23.2 Å². The van der Waals surface area contributed by atoms with Gasteiger partial charge >= 0.3 is 0 Å². The van der Waals surface area contributed by atoms with E-state index >= 15 is 0 Å². The van der Waals surface area contributed by atoms with Crippen molar-refractivity contribution in [2.75, 3.05) is 5.32 Å². The predicted octanol–water partition coefficient (Wildman–Crippen LogP) is 6.54. The second kappa shape index (κ2) is 7.90. The molecule has 1 amide bonds. The fourth-order valence-electron chi connectivity index (χ4n) is 2.68. The Balaban J connectivity index is 1.80. The van der Waals surface area contributed by atoms with Crippen molar-refractivity contribution in [3.8, 4) is 11.1 Å². The highest BCUT2D eigenvalue weighted by Crippen LogP contribution is 2.28. The summed E-state index contributed by atoms with van der Waals surface area (Å²) >= 11 is 11.9. The average Bonchev–Trinajstić information content (AvgIpc) is 2.60. The number of amides is 1. The summed E-state index contributed by atoms with van der Waals surface area (Å²) in [4.78, 5) is 12.5. The molecule has 132 valence electrons. The number of anilines is 1. The number of carbonyl (C=O) groups excluding carboxylic acids is 1. The first-order valence-corrected chi connectivity index (χ1v) is 8.81. The van der Waals surface area contributed by atoms with Crippen LogP contribution >= 0.6 is 23.2 Å². The van der Waals surface area contributed by atoms with E-state index in [0.29, 0.717) is 26.9 Å². The lowest BCUT2D eigenvalue weighted by molar-refractivity contribution is -0.117. The van der Waals surface area contributed by atoms with Gasteiger partial charge in [-0.15, -0.1) is 0 Å². The van der Waals surface area contributed by atoms with Crippen LogP contribution in [-0.4, -0.2) is 5.91 Å². The Morgan fingerprint density at radius 1 is 0.962 bits per heavy atom. The maximum Gasteiger partial charge on any atom is 0.231 e. The van der Waals surface area contributed by atoms with Crippen LogP contribution in [-0.2, 0) is 4.79 Å². The quantitative estimate of drug-likeness (QED) is 0.540. The highest BCUT2D eigenvalue weighted by Gasteiger charge is 2.18. The number of hydrogen-bond donors (Lipinski definition) is 1. The van der Waals surface area contributed by atoms with Gasteiger partial charge in [0.15, 0.2) is 0 Å². The van der Waals surface area contributed by atoms with Gasteiger partial charge in [-0.3, -0.25) is 4.79 Å². The van der Waals surface area contributed by atoms with Gasteiger partial charge in [-0.05, 0) is 42.3 Å². The zero-order valence-corrected chi connectivity index (χ0v) is 15.5. The Morgan fingerprint density at radius 2 is 1.62 bits per heavy atom. The lowest BCUT2D eigenvalue weighted by Gasteiger charge is -2.14. The lowest BCUT2D eigenvalue weighted by Crippen LogP contribution is -2.19. The molecule has 1 atom stereocenters. The number of carbonyl (C=O) groups is 1. The van der Waals surface area contributed by atoms with E-state index in [0.717, 1.165) is 5.56 Å². The Kier molecular flexibility index (Phi) is 5.60. The monoisotopic (exact) mass is 387 g/mol. The standard InChI is InChI=1S/C21H16Cl2FNO/c1-13(21(26)25-18-11-16(22)10-17(23)12-18)15-7-8-19(20(24)9-15)14-5-3-2-4-6-14/h2-13H,1H3,(H,25,26). The van der Waals surface area contributed by atoms with Crippen LogP contribution in [0.1, 0.15) is 18.4 Å². The minimum absolute atomic E-state index is 0.268. The van der Waals surface area contributed by atoms with Crippen LogP contribution in [0.3, 0.4) is 0 Å². The molecule has 0 aromatic heterocycles. The van der Waals surface area contributed by atoms with E-state index in [9.17, 15) is 9.18 Å². The molecular formula is C21H16Cl2FNO. The van der Waals surface area contributed by atoms with Gasteiger partial charge in [-0.1, -0.05) is 65.7 Å². The molecule has 1 N–H and O–H groups in total. The highest BCUT2D eigenvalue weighted by molar-refractivity contribution is 6.35. The Bertz CT molecular complexity index is 924. The van der Waals surface area contributed by atoms with E-state index in [1.807, 2.05) is 30.3 Å². The third kappa shape index (κ3) is 4.24. The number of hydrogen-bond acceptors (Lipinski definition) is 1. The van der Waals surface area contributed by atoms with Gasteiger partial charge in [0, 0.05) is 21.3 Å². The summed E-state index contributed by atoms with van der Waals surface area (Å²) in [6.07, 6.45) is 0. The zero-order chi connectivity index (χ0) is 18.7. The lowest BCUT2D eigenvalue weighted by atomic mass is 9.96. The molecule has 5 heteroatoms. The van der Waals surface area contributed by atoms with Gasteiger partial charge in [0.2, 0.25) is 5.91 Å². The van der Waals surface area contributed by atoms with Crippen LogP contribution in [0.15, 0.2) is 66.7 Å². The number of benzene rings is 3. The van der Waals surface area contributed by atoms with Crippen LogP contribution < -0.4 is 5.32 Å². The topological polar surface area (TPSA) is 29.1 Å². The molecule has 1 unspecified atom stereocenters. The first-order chi connectivity index (χ1) is 12.4. The van der Waals surface area contributed by atoms with Gasteiger partial charge in [-0.25, -0.2) is 4.39 Å². The first-order valence-electron chi connectivity index (χ1n) is 8.06. The van der Waals surface area contributed by atoms with Crippen LogP contribution in [0.5, 0.6) is 0 Å². The third-order valence-corrected chi connectivity index (χ3v) is 4.54. The highest BCUT2D eigenvalue weighted by atomic mass is 35.5. The molecule has 0 aliphatic rings. The molecule has 3 aromatic carbocycles. The van der Waals surface area contributed by atoms with Crippen LogP contribution in [0, 0.1) is 5.82 Å². The normalized spacial score (nSPS) is 11.8. The Hall–Kier alpha value is -2.36. The maximum atomic E-state index is 14.5. The number of halogens is 3. The van der Waals surface area contributed by atoms with Gasteiger partial charge in [-0.2, -0.15) is 0 Å². The summed E-state index contributed by atoms with van der Waals surface area (Å²) in [7, 11) is 0. The van der Waals surface area contributed by atoms with Gasteiger partial charge < -0.3 is 5.32 Å². The minimum atomic E-state index is -0.535. The molecule has 26 heavy (non-hydrogen) atoms. The molecule has 0 fully saturated rings. The van der Waals surface area contributed by atoms with Crippen LogP contribution in [0.2, 0.25) is 10.0 Å². The van der Waals surface area contributed by atoms with E-state index in [2.05, 4.69) is 5.32 Å². The van der Waals surface area contributed by atoms with Crippen LogP contribution in [0.25, 0.3) is 11.1 Å². The molecule has 0 spiro atoms. The summed E-state index contributed by atoms with van der Waals surface area (Å²) in [5.74, 6) is -1.17. The molecule has 0 bridgehead atoms. The Morgan fingerprint density at radius 3 is 2.23 bits per heavy atom. The second-order valence-corrected chi connectivity index (χ2v) is 6.85. The fraction of sp³-hybridized carbons (Fsp3) is 0.0952. The summed E-state index contributed by atoms with van der Waals surface area (Å²) in [6.45, 7) is 1.72. The predicted molar refractivity (Wildman–Crippen MR) is 105 cm³/mol. The van der Waals surface area contributed by atoms with Gasteiger partial charge in [0.1, 0.15) is 5.82 Å². The molecule has 0 saturated heterocycles. The molecule has 3 rings (SSSR count). The molecule has 3 aromatic rings. The van der Waals surface area contributed by atoms with Crippen molar-refractivity contribution in [1.82, 2.24) is 0 Å². The van der Waals surface area contributed by atoms with Crippen molar-refractivity contribution < 1.29 is 9.18 Å². The maximum absolute atomic E-state index is 14.5. The molecule has 0 heterocycles. The van der Waals surface area contributed by atoms with E-state index < -0.39 is 5.92 Å². The van der Waals surface area contributed by atoms with Crippen molar-refractivity contribution in [1.29, 1.82) is 0 Å². The van der Waals surface area contributed by atoms with E-state index in [-0.39, 0.29) is 11.7 Å². The van der Waals surface area contributed by atoms with Crippen molar-refractivity contribution in [2.45, 2.75) is 12.8 Å². The largest absolute Gasteiger partial charge is 0.325 e. The van der Waals surface area contributed by atoms with E-state index in [1.54, 1.807) is 37.3 Å². The summed E-state index contributed by atoms with van der Waals surface area (Å²) in [6, 6.07) is 18.9. The number of rotatable bonds is 4. The van der Waals surface area contributed by atoms with Crippen molar-refractivity contribution in [3.63, 3.8) is 0 Å². The Labute approximate surface area is 161 Å². The number of nitrogens with one attached hydrogen (secondary N) is 1. The molecule has 0 saturated carbocycles. The summed E-state index contributed by atoms with van der Waals surface area (Å²) < 4.78 is 14.5. The van der Waals surface area contributed by atoms with E-state index in [1.165, 1.54) is 6.07 Å². The molecule has 0 radical (unpaired) electrons. The minimum Gasteiger partial charge on any atom is -0.325 e. The molecule has 0 aliphatic carbocycles. The average molecular weight is 388 g/mol. The zero-order valence-electron chi connectivity index (χ0n) is 14.0. The second-order valence-electron chi connectivity index (χ2n) is 5.97. The summed E-state index contributed by atoms with van der Waals surface area (Å²) in [5.41, 5.74) is 2.39. The smallest absolute Gasteiger partial charge is 0.231 e. The van der Waals surface area contributed by atoms with Crippen molar-refractivity contribution in [3.05, 3.63) is 88.2 Å². The van der Waals surface area contributed by atoms with Gasteiger partial charge in [0.05, 0.1) is 5.92 Å².